The number of H-pyrrole nitrogens is 1. The Morgan fingerprint density at radius 2 is 1.84 bits per heavy atom. The molecule has 6 nitrogen and oxygen atoms in total. The molecule has 0 atom stereocenters. The first-order valence-corrected chi connectivity index (χ1v) is 10.9. The Hall–Kier alpha value is -3.51. The molecule has 1 saturated heterocycles. The average molecular weight is 409 g/mol. The Morgan fingerprint density at radius 1 is 0.935 bits per heavy atom. The van der Waals surface area contributed by atoms with E-state index in [9.17, 15) is 0 Å². The number of aliphatic imine (C=N–C) groups is 1. The molecule has 154 valence electrons. The quantitative estimate of drug-likeness (QED) is 0.518. The zero-order valence-electron chi connectivity index (χ0n) is 17.3. The van der Waals surface area contributed by atoms with Gasteiger partial charge in [-0.25, -0.2) is 0 Å². The van der Waals surface area contributed by atoms with Gasteiger partial charge < -0.3 is 5.32 Å². The van der Waals surface area contributed by atoms with E-state index in [-0.39, 0.29) is 0 Å². The molecule has 4 heterocycles. The first-order valence-electron chi connectivity index (χ1n) is 10.9. The third-order valence-electron chi connectivity index (χ3n) is 6.20. The third-order valence-corrected chi connectivity index (χ3v) is 6.20. The van der Waals surface area contributed by atoms with Crippen LogP contribution in [0.25, 0.3) is 22.0 Å². The van der Waals surface area contributed by atoms with Crippen molar-refractivity contribution in [3.05, 3.63) is 77.7 Å². The van der Waals surface area contributed by atoms with Gasteiger partial charge in [0, 0.05) is 35.6 Å². The van der Waals surface area contributed by atoms with Gasteiger partial charge >= 0.3 is 0 Å². The van der Waals surface area contributed by atoms with Gasteiger partial charge in [-0.2, -0.15) is 5.10 Å². The smallest absolute Gasteiger partial charge is 0.154 e. The lowest BCUT2D eigenvalue weighted by molar-refractivity contribution is 0.331. The third kappa shape index (κ3) is 3.49. The predicted octanol–water partition coefficient (Wildman–Crippen LogP) is 4.59. The minimum absolute atomic E-state index is 0.662. The molecule has 4 aromatic rings. The van der Waals surface area contributed by atoms with Crippen molar-refractivity contribution in [3.63, 3.8) is 0 Å². The number of likely N-dealkylation sites (tertiary alicyclic amines) is 1. The molecule has 2 N–H and O–H groups in total. The van der Waals surface area contributed by atoms with Gasteiger partial charge in [-0.05, 0) is 66.9 Å². The van der Waals surface area contributed by atoms with E-state index in [1.54, 1.807) is 0 Å². The Kier molecular flexibility index (Phi) is 4.50. The van der Waals surface area contributed by atoms with E-state index in [0.29, 0.717) is 6.54 Å². The van der Waals surface area contributed by atoms with E-state index in [1.165, 1.54) is 37.1 Å². The minimum atomic E-state index is 0.662. The molecule has 6 heteroatoms. The Balaban J connectivity index is 1.33. The highest BCUT2D eigenvalue weighted by atomic mass is 15.2. The van der Waals surface area contributed by atoms with Crippen LogP contribution in [0.15, 0.2) is 65.9 Å². The number of rotatable bonds is 4. The molecular formula is C25H24N6. The first kappa shape index (κ1) is 18.3. The van der Waals surface area contributed by atoms with Crippen molar-refractivity contribution in [2.75, 3.05) is 18.4 Å². The number of para-hydroxylation sites is 1. The molecule has 0 unspecified atom stereocenters. The number of nitrogens with one attached hydrogen (secondary N) is 2. The number of benzene rings is 2. The number of anilines is 1. The fourth-order valence-electron chi connectivity index (χ4n) is 4.55. The maximum absolute atomic E-state index is 4.74. The average Bonchev–Trinajstić information content (AvgIpc) is 3.48. The van der Waals surface area contributed by atoms with Gasteiger partial charge in [0.1, 0.15) is 5.69 Å². The Labute approximate surface area is 181 Å². The van der Waals surface area contributed by atoms with E-state index >= 15 is 0 Å². The highest BCUT2D eigenvalue weighted by molar-refractivity contribution is 6.15. The van der Waals surface area contributed by atoms with E-state index in [0.717, 1.165) is 45.8 Å². The number of aromatic amines is 1. The fraction of sp³-hybridized carbons (Fsp3) is 0.240. The van der Waals surface area contributed by atoms with Crippen LogP contribution in [-0.4, -0.2) is 39.0 Å². The van der Waals surface area contributed by atoms with Gasteiger partial charge in [0.25, 0.3) is 0 Å². The fourth-order valence-corrected chi connectivity index (χ4v) is 4.55. The van der Waals surface area contributed by atoms with Crippen LogP contribution in [0.2, 0.25) is 0 Å². The summed E-state index contributed by atoms with van der Waals surface area (Å²) in [6, 6.07) is 16.9. The maximum atomic E-state index is 4.74. The molecule has 2 aliphatic rings. The van der Waals surface area contributed by atoms with E-state index < -0.39 is 0 Å². The molecule has 1 fully saturated rings. The Morgan fingerprint density at radius 3 is 2.77 bits per heavy atom. The SMILES string of the molecule is c1ccc2c(c1)CN=C(c1n[nH]c3ccc(-c4cncc(CN5CCCC5)c4)cc13)N2. The molecule has 0 radical (unpaired) electrons. The standard InChI is InChI=1S/C25H24N6/c1-2-6-22-19(5-1)15-27-25(28-22)24-21-12-18(7-8-23(21)29-30-24)20-11-17(13-26-14-20)16-31-9-3-4-10-31/h1-2,5-8,11-14H,3-4,9-10,15-16H2,(H,27,28)(H,29,30). The molecule has 0 amide bonds. The molecule has 0 bridgehead atoms. The van der Waals surface area contributed by atoms with Crippen molar-refractivity contribution in [2.45, 2.75) is 25.9 Å². The second kappa shape index (κ2) is 7.63. The molecule has 2 aromatic heterocycles. The minimum Gasteiger partial charge on any atom is -0.338 e. The number of pyridine rings is 1. The summed E-state index contributed by atoms with van der Waals surface area (Å²) in [4.78, 5) is 11.8. The van der Waals surface area contributed by atoms with Gasteiger partial charge in [-0.1, -0.05) is 24.3 Å². The number of nitrogens with zero attached hydrogens (tertiary/aromatic N) is 4. The lowest BCUT2D eigenvalue weighted by atomic mass is 10.0. The van der Waals surface area contributed by atoms with Crippen LogP contribution in [-0.2, 0) is 13.1 Å². The lowest BCUT2D eigenvalue weighted by Gasteiger charge is -2.17. The van der Waals surface area contributed by atoms with E-state index in [1.807, 2.05) is 24.5 Å². The van der Waals surface area contributed by atoms with Crippen LogP contribution in [0.4, 0.5) is 5.69 Å². The first-order chi connectivity index (χ1) is 15.3. The monoisotopic (exact) mass is 408 g/mol. The summed E-state index contributed by atoms with van der Waals surface area (Å²) in [6.07, 6.45) is 6.54. The van der Waals surface area contributed by atoms with E-state index in [4.69, 9.17) is 4.99 Å². The van der Waals surface area contributed by atoms with Crippen molar-refractivity contribution in [3.8, 4) is 11.1 Å². The molecule has 2 aliphatic heterocycles. The lowest BCUT2D eigenvalue weighted by Crippen LogP contribution is -2.19. The number of aromatic nitrogens is 3. The summed E-state index contributed by atoms with van der Waals surface area (Å²) in [5, 5.41) is 12.2. The summed E-state index contributed by atoms with van der Waals surface area (Å²) >= 11 is 0. The van der Waals surface area contributed by atoms with Crippen LogP contribution in [0, 0.1) is 0 Å². The number of hydrogen-bond acceptors (Lipinski definition) is 5. The number of hydrogen-bond donors (Lipinski definition) is 2. The van der Waals surface area contributed by atoms with Gasteiger partial charge in [-0.3, -0.25) is 20.0 Å². The van der Waals surface area contributed by atoms with Crippen molar-refractivity contribution >= 4 is 22.4 Å². The zero-order chi connectivity index (χ0) is 20.6. The highest BCUT2D eigenvalue weighted by Gasteiger charge is 2.18. The van der Waals surface area contributed by atoms with Crippen molar-refractivity contribution in [1.29, 1.82) is 0 Å². The van der Waals surface area contributed by atoms with Crippen LogP contribution in [0.5, 0.6) is 0 Å². The van der Waals surface area contributed by atoms with Gasteiger partial charge in [-0.15, -0.1) is 0 Å². The van der Waals surface area contributed by atoms with Crippen molar-refractivity contribution < 1.29 is 0 Å². The van der Waals surface area contributed by atoms with Gasteiger partial charge in [0.05, 0.1) is 12.1 Å². The molecule has 0 aliphatic carbocycles. The summed E-state index contributed by atoms with van der Waals surface area (Å²) < 4.78 is 0. The summed E-state index contributed by atoms with van der Waals surface area (Å²) in [7, 11) is 0. The highest BCUT2D eigenvalue weighted by Crippen LogP contribution is 2.28. The summed E-state index contributed by atoms with van der Waals surface area (Å²) in [6.45, 7) is 4.01. The molecule has 6 rings (SSSR count). The molecular weight excluding hydrogens is 384 g/mol. The van der Waals surface area contributed by atoms with Crippen LogP contribution >= 0.6 is 0 Å². The second-order valence-electron chi connectivity index (χ2n) is 8.34. The molecule has 0 spiro atoms. The number of amidine groups is 1. The molecule has 0 saturated carbocycles. The molecule has 2 aromatic carbocycles. The normalized spacial score (nSPS) is 16.2. The summed E-state index contributed by atoms with van der Waals surface area (Å²) in [5.74, 6) is 0.808. The van der Waals surface area contributed by atoms with Crippen molar-refractivity contribution in [1.82, 2.24) is 20.1 Å². The van der Waals surface area contributed by atoms with Gasteiger partial charge in [0.2, 0.25) is 0 Å². The van der Waals surface area contributed by atoms with Crippen molar-refractivity contribution in [2.24, 2.45) is 4.99 Å². The molecule has 31 heavy (non-hydrogen) atoms. The maximum Gasteiger partial charge on any atom is 0.154 e. The van der Waals surface area contributed by atoms with Crippen LogP contribution in [0.3, 0.4) is 0 Å². The second-order valence-corrected chi connectivity index (χ2v) is 8.34. The zero-order valence-corrected chi connectivity index (χ0v) is 17.3. The summed E-state index contributed by atoms with van der Waals surface area (Å²) in [5.41, 5.74) is 7.70. The van der Waals surface area contributed by atoms with Gasteiger partial charge in [0.15, 0.2) is 5.84 Å². The topological polar surface area (TPSA) is 69.2 Å². The Bertz CT molecular complexity index is 1280. The largest absolute Gasteiger partial charge is 0.338 e. The van der Waals surface area contributed by atoms with Crippen LogP contribution < -0.4 is 5.32 Å². The predicted molar refractivity (Wildman–Crippen MR) is 124 cm³/mol. The number of fused-ring (bicyclic) bond motifs is 2. The van der Waals surface area contributed by atoms with E-state index in [2.05, 4.69) is 61.8 Å². The van der Waals surface area contributed by atoms with Crippen LogP contribution in [0.1, 0.15) is 29.7 Å².